The first-order valence-corrected chi connectivity index (χ1v) is 14.3. The van der Waals surface area contributed by atoms with Gasteiger partial charge in [0.05, 0.1) is 6.61 Å². The smallest absolute Gasteiger partial charge is 0.248 e. The van der Waals surface area contributed by atoms with Gasteiger partial charge in [0.1, 0.15) is 23.4 Å². The number of halogens is 1. The number of rotatable bonds is 12. The number of benzene rings is 2. The molecule has 0 aliphatic heterocycles. The van der Waals surface area contributed by atoms with Gasteiger partial charge in [0.2, 0.25) is 17.7 Å². The molecule has 0 spiro atoms. The maximum atomic E-state index is 13.9. The van der Waals surface area contributed by atoms with E-state index in [1.807, 2.05) is 6.92 Å². The molecule has 0 radical (unpaired) electrons. The maximum absolute atomic E-state index is 13.9. The van der Waals surface area contributed by atoms with Gasteiger partial charge in [0.15, 0.2) is 0 Å². The second-order valence-electron chi connectivity index (χ2n) is 10.1. The van der Waals surface area contributed by atoms with E-state index in [1.54, 1.807) is 48.7 Å². The number of amides is 3. The molecule has 4 rings (SSSR count). The molecule has 9 heteroatoms. The van der Waals surface area contributed by atoms with E-state index in [0.29, 0.717) is 29.4 Å². The zero-order chi connectivity index (χ0) is 29.0. The summed E-state index contributed by atoms with van der Waals surface area (Å²) in [5.74, 6) is -0.265. The van der Waals surface area contributed by atoms with Gasteiger partial charge in [-0.15, -0.1) is 0 Å². The molecule has 0 saturated heterocycles. The number of aromatic nitrogens is 1. The minimum Gasteiger partial charge on any atom is -0.494 e. The number of nitrogens with one attached hydrogen (secondary N) is 2. The highest BCUT2D eigenvalue weighted by Crippen LogP contribution is 2.31. The van der Waals surface area contributed by atoms with E-state index in [4.69, 9.17) is 4.74 Å². The van der Waals surface area contributed by atoms with Crippen LogP contribution in [0.1, 0.15) is 69.9 Å². The molecule has 0 bridgehead atoms. The second-order valence-corrected chi connectivity index (χ2v) is 10.1. The van der Waals surface area contributed by atoms with Crippen LogP contribution < -0.4 is 20.3 Å². The zero-order valence-electron chi connectivity index (χ0n) is 23.4. The summed E-state index contributed by atoms with van der Waals surface area (Å²) in [4.78, 5) is 45.7. The van der Waals surface area contributed by atoms with Crippen LogP contribution in [0.25, 0.3) is 0 Å². The van der Waals surface area contributed by atoms with Crippen molar-refractivity contribution >= 4 is 29.2 Å². The van der Waals surface area contributed by atoms with Gasteiger partial charge in [-0.05, 0) is 80.3 Å². The van der Waals surface area contributed by atoms with E-state index < -0.39 is 11.9 Å². The minimum absolute atomic E-state index is 0.0112. The van der Waals surface area contributed by atoms with E-state index in [1.165, 1.54) is 29.2 Å². The Morgan fingerprint density at radius 2 is 1.71 bits per heavy atom. The molecule has 3 amide bonds. The average Bonchev–Trinajstić information content (AvgIpc) is 2.98. The number of carbonyl (C=O) groups is 3. The number of ether oxygens (including phenoxy) is 1. The van der Waals surface area contributed by atoms with Crippen LogP contribution in [0.5, 0.6) is 5.75 Å². The third-order valence-electron chi connectivity index (χ3n) is 7.07. The lowest BCUT2D eigenvalue weighted by Crippen LogP contribution is -2.47. The summed E-state index contributed by atoms with van der Waals surface area (Å²) in [6.07, 6.45) is 6.95. The molecule has 1 saturated carbocycles. The molecule has 1 aliphatic carbocycles. The van der Waals surface area contributed by atoms with Crippen molar-refractivity contribution < 1.29 is 23.5 Å². The number of hydrogen-bond donors (Lipinski definition) is 2. The molecule has 1 aliphatic rings. The molecule has 41 heavy (non-hydrogen) atoms. The van der Waals surface area contributed by atoms with Crippen LogP contribution in [0.15, 0.2) is 72.9 Å². The van der Waals surface area contributed by atoms with Crippen molar-refractivity contribution in [3.05, 3.63) is 84.3 Å². The van der Waals surface area contributed by atoms with Crippen molar-refractivity contribution in [2.45, 2.75) is 70.4 Å². The predicted molar refractivity (Wildman–Crippen MR) is 156 cm³/mol. The van der Waals surface area contributed by atoms with Gasteiger partial charge >= 0.3 is 0 Å². The van der Waals surface area contributed by atoms with Crippen molar-refractivity contribution in [3.63, 3.8) is 0 Å². The molecular formula is C32H37FN4O4. The first-order chi connectivity index (χ1) is 19.9. The molecule has 1 fully saturated rings. The second kappa shape index (κ2) is 14.9. The van der Waals surface area contributed by atoms with Gasteiger partial charge < -0.3 is 15.4 Å². The Kier molecular flexibility index (Phi) is 10.8. The van der Waals surface area contributed by atoms with Crippen molar-refractivity contribution in [3.8, 4) is 5.75 Å². The van der Waals surface area contributed by atoms with E-state index in [9.17, 15) is 18.8 Å². The first-order valence-electron chi connectivity index (χ1n) is 14.3. The Balaban J connectivity index is 1.58. The number of pyridine rings is 1. The van der Waals surface area contributed by atoms with Crippen LogP contribution in [0, 0.1) is 5.82 Å². The molecule has 3 aromatic rings. The summed E-state index contributed by atoms with van der Waals surface area (Å²) < 4.78 is 19.5. The first kappa shape index (κ1) is 29.7. The molecular weight excluding hydrogens is 523 g/mol. The van der Waals surface area contributed by atoms with Gasteiger partial charge in [-0.25, -0.2) is 9.37 Å². The monoisotopic (exact) mass is 560 g/mol. The van der Waals surface area contributed by atoms with Crippen LogP contribution in [0.4, 0.5) is 15.9 Å². The lowest BCUT2D eigenvalue weighted by Gasteiger charge is -2.33. The molecule has 2 N–H and O–H groups in total. The minimum atomic E-state index is -0.993. The average molecular weight is 561 g/mol. The summed E-state index contributed by atoms with van der Waals surface area (Å²) in [7, 11) is 0. The van der Waals surface area contributed by atoms with Gasteiger partial charge in [-0.3, -0.25) is 19.3 Å². The Hall–Kier alpha value is -4.27. The van der Waals surface area contributed by atoms with E-state index in [0.717, 1.165) is 32.1 Å². The fraction of sp³-hybridized carbons (Fsp3) is 0.375. The quantitative estimate of drug-likeness (QED) is 0.285. The number of nitrogens with zero attached hydrogens (tertiary/aromatic N) is 2. The summed E-state index contributed by atoms with van der Waals surface area (Å²) in [6.45, 7) is 2.39. The number of anilines is 2. The van der Waals surface area contributed by atoms with Crippen LogP contribution in [0.3, 0.4) is 0 Å². The zero-order valence-corrected chi connectivity index (χ0v) is 23.4. The van der Waals surface area contributed by atoms with Crippen molar-refractivity contribution in [1.82, 2.24) is 10.3 Å². The molecule has 1 aromatic heterocycles. The van der Waals surface area contributed by atoms with Gasteiger partial charge in [0, 0.05) is 30.8 Å². The topological polar surface area (TPSA) is 101 Å². The normalized spacial score (nSPS) is 14.1. The SMILES string of the molecule is CCOc1ccc(C(C(=O)NC2CCCCC2)N(C(=O)CCCC(=O)Nc2ccccn2)c2ccc(F)cc2)cc1. The van der Waals surface area contributed by atoms with Crippen molar-refractivity contribution in [2.75, 3.05) is 16.8 Å². The predicted octanol–water partition coefficient (Wildman–Crippen LogP) is 5.95. The molecule has 2 aromatic carbocycles. The van der Waals surface area contributed by atoms with E-state index >= 15 is 0 Å². The largest absolute Gasteiger partial charge is 0.494 e. The Bertz CT molecular complexity index is 1280. The van der Waals surface area contributed by atoms with Crippen LogP contribution >= 0.6 is 0 Å². The lowest BCUT2D eigenvalue weighted by atomic mass is 9.94. The summed E-state index contributed by atoms with van der Waals surface area (Å²) in [5, 5.41) is 5.88. The highest BCUT2D eigenvalue weighted by atomic mass is 19.1. The van der Waals surface area contributed by atoms with Gasteiger partial charge in [0.25, 0.3) is 0 Å². The van der Waals surface area contributed by atoms with Crippen LogP contribution in [-0.4, -0.2) is 35.4 Å². The standard InChI is InChI=1S/C32H37FN4O4/c1-2-41-27-20-14-23(15-21-27)31(32(40)35-25-9-4-3-5-10-25)37(26-18-16-24(33)17-19-26)30(39)13-8-12-29(38)36-28-11-6-7-22-34-28/h6-7,11,14-22,25,31H,2-5,8-10,12-13H2,1H3,(H,35,40)(H,34,36,38). The van der Waals surface area contributed by atoms with Crippen molar-refractivity contribution in [2.24, 2.45) is 0 Å². The number of hydrogen-bond acceptors (Lipinski definition) is 5. The van der Waals surface area contributed by atoms with Crippen LogP contribution in [0.2, 0.25) is 0 Å². The molecule has 1 heterocycles. The fourth-order valence-electron chi connectivity index (χ4n) is 5.06. The maximum Gasteiger partial charge on any atom is 0.248 e. The Morgan fingerprint density at radius 3 is 2.37 bits per heavy atom. The third kappa shape index (κ3) is 8.61. The fourth-order valence-corrected chi connectivity index (χ4v) is 5.06. The highest BCUT2D eigenvalue weighted by Gasteiger charge is 2.34. The van der Waals surface area contributed by atoms with E-state index in [-0.39, 0.29) is 43.0 Å². The lowest BCUT2D eigenvalue weighted by molar-refractivity contribution is -0.127. The highest BCUT2D eigenvalue weighted by molar-refractivity contribution is 6.01. The third-order valence-corrected chi connectivity index (χ3v) is 7.07. The molecule has 1 unspecified atom stereocenters. The summed E-state index contributed by atoms with van der Waals surface area (Å²) >= 11 is 0. The molecule has 8 nitrogen and oxygen atoms in total. The molecule has 216 valence electrons. The van der Waals surface area contributed by atoms with E-state index in [2.05, 4.69) is 15.6 Å². The number of carbonyl (C=O) groups excluding carboxylic acids is 3. The Labute approximate surface area is 240 Å². The van der Waals surface area contributed by atoms with Gasteiger partial charge in [-0.1, -0.05) is 37.5 Å². The summed E-state index contributed by atoms with van der Waals surface area (Å²) in [5.41, 5.74) is 0.999. The van der Waals surface area contributed by atoms with Crippen LogP contribution in [-0.2, 0) is 14.4 Å². The van der Waals surface area contributed by atoms with Gasteiger partial charge in [-0.2, -0.15) is 0 Å². The Morgan fingerprint density at radius 1 is 0.976 bits per heavy atom. The van der Waals surface area contributed by atoms with Crippen molar-refractivity contribution in [1.29, 1.82) is 0 Å². The molecule has 1 atom stereocenters. The summed E-state index contributed by atoms with van der Waals surface area (Å²) in [6, 6.07) is 16.9.